The van der Waals surface area contributed by atoms with Crippen LogP contribution < -0.4 is 4.74 Å². The average molecular weight is 476 g/mol. The minimum absolute atomic E-state index is 0.0179. The Kier molecular flexibility index (Phi) is 5.95. The highest BCUT2D eigenvalue weighted by molar-refractivity contribution is 6.46. The van der Waals surface area contributed by atoms with Crippen LogP contribution in [0.15, 0.2) is 64.8 Å². The molecule has 2 heterocycles. The second-order valence-electron chi connectivity index (χ2n) is 7.03. The number of furan rings is 1. The lowest BCUT2D eigenvalue weighted by molar-refractivity contribution is -0.140. The number of rotatable bonds is 5. The van der Waals surface area contributed by atoms with Crippen molar-refractivity contribution in [2.75, 3.05) is 7.11 Å². The SMILES string of the molecule is COc1ccc(/C(O)=C2/C(=O)C(=O)N(Cc3ccco3)C2c2ccc(Cl)c(Cl)c2)cc1F. The standard InChI is InChI=1S/C23H16Cl2FNO5/c1-31-18-7-5-13(10-17(18)26)21(28)19-20(12-4-6-15(24)16(25)9-12)27(23(30)22(19)29)11-14-3-2-8-32-14/h2-10,20,28H,11H2,1H3/b21-19-. The van der Waals surface area contributed by atoms with Crippen LogP contribution in [0, 0.1) is 5.82 Å². The average Bonchev–Trinajstić information content (AvgIpc) is 3.37. The van der Waals surface area contributed by atoms with E-state index >= 15 is 0 Å². The van der Waals surface area contributed by atoms with Gasteiger partial charge in [-0.3, -0.25) is 9.59 Å². The van der Waals surface area contributed by atoms with Crippen molar-refractivity contribution in [2.24, 2.45) is 0 Å². The molecule has 2 aromatic carbocycles. The smallest absolute Gasteiger partial charge is 0.296 e. The summed E-state index contributed by atoms with van der Waals surface area (Å²) in [5.41, 5.74) is 0.259. The van der Waals surface area contributed by atoms with Gasteiger partial charge in [0.1, 0.15) is 11.5 Å². The number of hydrogen-bond acceptors (Lipinski definition) is 5. The van der Waals surface area contributed by atoms with Gasteiger partial charge < -0.3 is 19.2 Å². The molecule has 0 spiro atoms. The number of amides is 1. The Hall–Kier alpha value is -3.29. The third-order valence-electron chi connectivity index (χ3n) is 5.13. The van der Waals surface area contributed by atoms with Crippen molar-refractivity contribution in [2.45, 2.75) is 12.6 Å². The van der Waals surface area contributed by atoms with E-state index in [2.05, 4.69) is 0 Å². The van der Waals surface area contributed by atoms with Crippen LogP contribution in [-0.4, -0.2) is 28.8 Å². The molecule has 1 N–H and O–H groups in total. The lowest BCUT2D eigenvalue weighted by Gasteiger charge is -2.24. The summed E-state index contributed by atoms with van der Waals surface area (Å²) in [6, 6.07) is 10.7. The number of carbonyl (C=O) groups is 2. The van der Waals surface area contributed by atoms with Crippen molar-refractivity contribution in [3.05, 3.63) is 93.1 Å². The molecule has 3 aromatic rings. The zero-order valence-electron chi connectivity index (χ0n) is 16.6. The summed E-state index contributed by atoms with van der Waals surface area (Å²) in [6.45, 7) is -0.0315. The Labute approximate surface area is 192 Å². The Morgan fingerprint density at radius 1 is 1.16 bits per heavy atom. The number of aliphatic hydroxyl groups is 1. The van der Waals surface area contributed by atoms with Gasteiger partial charge in [-0.15, -0.1) is 0 Å². The second-order valence-corrected chi connectivity index (χ2v) is 7.84. The summed E-state index contributed by atoms with van der Waals surface area (Å²) in [5.74, 6) is -2.60. The van der Waals surface area contributed by atoms with Crippen LogP contribution in [0.25, 0.3) is 5.76 Å². The van der Waals surface area contributed by atoms with Crippen LogP contribution >= 0.6 is 23.2 Å². The van der Waals surface area contributed by atoms with E-state index in [1.54, 1.807) is 18.2 Å². The highest BCUT2D eigenvalue weighted by atomic mass is 35.5. The van der Waals surface area contributed by atoms with E-state index in [0.717, 1.165) is 6.07 Å². The highest BCUT2D eigenvalue weighted by Crippen LogP contribution is 2.42. The predicted octanol–water partition coefficient (Wildman–Crippen LogP) is 5.36. The zero-order valence-corrected chi connectivity index (χ0v) is 18.2. The molecule has 0 aliphatic carbocycles. The monoisotopic (exact) mass is 475 g/mol. The third-order valence-corrected chi connectivity index (χ3v) is 5.87. The fourth-order valence-corrected chi connectivity index (χ4v) is 3.92. The Morgan fingerprint density at radius 2 is 1.94 bits per heavy atom. The van der Waals surface area contributed by atoms with Crippen molar-refractivity contribution < 1.29 is 28.2 Å². The third kappa shape index (κ3) is 3.85. The Morgan fingerprint density at radius 3 is 2.56 bits per heavy atom. The van der Waals surface area contributed by atoms with E-state index in [-0.39, 0.29) is 33.5 Å². The van der Waals surface area contributed by atoms with Crippen molar-refractivity contribution in [3.63, 3.8) is 0 Å². The highest BCUT2D eigenvalue weighted by Gasteiger charge is 2.46. The van der Waals surface area contributed by atoms with Gasteiger partial charge in [-0.2, -0.15) is 0 Å². The first-order chi connectivity index (χ1) is 15.3. The number of nitrogens with zero attached hydrogens (tertiary/aromatic N) is 1. The van der Waals surface area contributed by atoms with E-state index < -0.39 is 29.3 Å². The van der Waals surface area contributed by atoms with E-state index in [0.29, 0.717) is 11.3 Å². The van der Waals surface area contributed by atoms with Gasteiger partial charge in [0, 0.05) is 5.56 Å². The van der Waals surface area contributed by atoms with Gasteiger partial charge in [-0.1, -0.05) is 29.3 Å². The summed E-state index contributed by atoms with van der Waals surface area (Å²) in [7, 11) is 1.31. The van der Waals surface area contributed by atoms with Crippen LogP contribution in [-0.2, 0) is 16.1 Å². The number of Topliss-reactive ketones (excluding diaryl/α,β-unsaturated/α-hetero) is 1. The van der Waals surface area contributed by atoms with Gasteiger partial charge >= 0.3 is 0 Å². The van der Waals surface area contributed by atoms with Gasteiger partial charge in [0.25, 0.3) is 11.7 Å². The molecule has 0 radical (unpaired) electrons. The first-order valence-corrected chi connectivity index (χ1v) is 10.2. The summed E-state index contributed by atoms with van der Waals surface area (Å²) >= 11 is 12.2. The number of halogens is 3. The van der Waals surface area contributed by atoms with Gasteiger partial charge in [0.15, 0.2) is 11.6 Å². The van der Waals surface area contributed by atoms with Gasteiger partial charge in [0.2, 0.25) is 0 Å². The molecule has 9 heteroatoms. The fourth-order valence-electron chi connectivity index (χ4n) is 3.61. The summed E-state index contributed by atoms with van der Waals surface area (Å²) in [6.07, 6.45) is 1.44. The van der Waals surface area contributed by atoms with E-state index in [1.807, 2.05) is 0 Å². The molecule has 32 heavy (non-hydrogen) atoms. The van der Waals surface area contributed by atoms with Gasteiger partial charge in [-0.05, 0) is 48.0 Å². The molecule has 0 bridgehead atoms. The first-order valence-electron chi connectivity index (χ1n) is 9.41. The lowest BCUT2D eigenvalue weighted by atomic mass is 9.95. The van der Waals surface area contributed by atoms with Crippen LogP contribution in [0.3, 0.4) is 0 Å². The van der Waals surface area contributed by atoms with Crippen molar-refractivity contribution in [1.82, 2.24) is 4.90 Å². The maximum absolute atomic E-state index is 14.3. The van der Waals surface area contributed by atoms with E-state index in [1.165, 1.54) is 42.5 Å². The van der Waals surface area contributed by atoms with Crippen molar-refractivity contribution >= 4 is 40.7 Å². The maximum atomic E-state index is 14.3. The number of ketones is 1. The summed E-state index contributed by atoms with van der Waals surface area (Å²) < 4.78 is 24.5. The number of hydrogen-bond donors (Lipinski definition) is 1. The molecule has 6 nitrogen and oxygen atoms in total. The van der Waals surface area contributed by atoms with Crippen molar-refractivity contribution in [1.29, 1.82) is 0 Å². The predicted molar refractivity (Wildman–Crippen MR) is 116 cm³/mol. The molecular formula is C23H16Cl2FNO5. The molecule has 1 saturated heterocycles. The molecule has 4 rings (SSSR count). The zero-order chi connectivity index (χ0) is 23.0. The van der Waals surface area contributed by atoms with Crippen molar-refractivity contribution in [3.8, 4) is 5.75 Å². The molecule has 1 amide bonds. The molecule has 1 aromatic heterocycles. The van der Waals surface area contributed by atoms with Gasteiger partial charge in [0.05, 0.1) is 41.6 Å². The molecule has 1 fully saturated rings. The normalized spacial score (nSPS) is 17.8. The Bertz CT molecular complexity index is 1240. The number of carbonyl (C=O) groups excluding carboxylic acids is 2. The molecule has 1 atom stereocenters. The van der Waals surface area contributed by atoms with E-state index in [4.69, 9.17) is 32.4 Å². The summed E-state index contributed by atoms with van der Waals surface area (Å²) in [4.78, 5) is 27.2. The molecule has 0 saturated carbocycles. The minimum atomic E-state index is -1.000. The lowest BCUT2D eigenvalue weighted by Crippen LogP contribution is -2.29. The van der Waals surface area contributed by atoms with Crippen LogP contribution in [0.5, 0.6) is 5.75 Å². The quantitative estimate of drug-likeness (QED) is 0.305. The number of benzene rings is 2. The number of likely N-dealkylation sites (tertiary alicyclic amines) is 1. The van der Waals surface area contributed by atoms with Crippen LogP contribution in [0.1, 0.15) is 22.9 Å². The van der Waals surface area contributed by atoms with Gasteiger partial charge in [-0.25, -0.2) is 4.39 Å². The molecule has 1 unspecified atom stereocenters. The number of methoxy groups -OCH3 is 1. The van der Waals surface area contributed by atoms with Crippen LogP contribution in [0.4, 0.5) is 4.39 Å². The second kappa shape index (κ2) is 8.68. The Balaban J connectivity index is 1.89. The summed E-state index contributed by atoms with van der Waals surface area (Å²) in [5, 5.41) is 11.5. The molecular weight excluding hydrogens is 460 g/mol. The number of aliphatic hydroxyl groups excluding tert-OH is 1. The molecule has 1 aliphatic heterocycles. The molecule has 164 valence electrons. The number of ether oxygens (including phenoxy) is 1. The topological polar surface area (TPSA) is 80.0 Å². The van der Waals surface area contributed by atoms with E-state index in [9.17, 15) is 19.1 Å². The minimum Gasteiger partial charge on any atom is -0.507 e. The maximum Gasteiger partial charge on any atom is 0.296 e. The first kappa shape index (κ1) is 21.9. The fraction of sp³-hybridized carbons (Fsp3) is 0.130. The molecule has 1 aliphatic rings. The largest absolute Gasteiger partial charge is 0.507 e. The van der Waals surface area contributed by atoms with Crippen LogP contribution in [0.2, 0.25) is 10.0 Å².